The van der Waals surface area contributed by atoms with Gasteiger partial charge in [0.05, 0.1) is 0 Å². The third-order valence-corrected chi connectivity index (χ3v) is 2.24. The molecule has 0 saturated carbocycles. The van der Waals surface area contributed by atoms with Crippen LogP contribution in [0, 0.1) is 6.92 Å². The molecular formula is C11H13ClO. The van der Waals surface area contributed by atoms with Gasteiger partial charge in [0.1, 0.15) is 0 Å². The monoisotopic (exact) mass is 196 g/mol. The smallest absolute Gasteiger partial charge is 0.162 e. The Morgan fingerprint density at radius 2 is 2.08 bits per heavy atom. The molecule has 0 spiro atoms. The fraction of sp³-hybridized carbons (Fsp3) is 0.364. The molecule has 0 N–H and O–H groups in total. The highest BCUT2D eigenvalue weighted by Gasteiger charge is 2.04. The highest BCUT2D eigenvalue weighted by molar-refractivity contribution is 6.17. The van der Waals surface area contributed by atoms with Gasteiger partial charge in [-0.1, -0.05) is 18.6 Å². The molecule has 0 heterocycles. The first-order valence-electron chi connectivity index (χ1n) is 4.37. The molecule has 2 heteroatoms. The van der Waals surface area contributed by atoms with E-state index in [2.05, 4.69) is 0 Å². The van der Waals surface area contributed by atoms with Crippen molar-refractivity contribution in [1.82, 2.24) is 0 Å². The Labute approximate surface area is 83.7 Å². The molecule has 0 radical (unpaired) electrons. The summed E-state index contributed by atoms with van der Waals surface area (Å²) in [4.78, 5) is 11.4. The fourth-order valence-electron chi connectivity index (χ4n) is 1.30. The van der Waals surface area contributed by atoms with Gasteiger partial charge in [0.25, 0.3) is 0 Å². The standard InChI is InChI=1S/C11H13ClO/c1-3-11(13)10-5-8(2)4-9(6-10)7-12/h4-6H,3,7H2,1-2H3. The van der Waals surface area contributed by atoms with Gasteiger partial charge in [0, 0.05) is 17.9 Å². The minimum absolute atomic E-state index is 0.176. The van der Waals surface area contributed by atoms with Crippen molar-refractivity contribution in [2.24, 2.45) is 0 Å². The molecule has 1 aromatic rings. The van der Waals surface area contributed by atoms with Crippen LogP contribution >= 0.6 is 11.6 Å². The average Bonchev–Trinajstić information content (AvgIpc) is 2.15. The van der Waals surface area contributed by atoms with Crippen molar-refractivity contribution >= 4 is 17.4 Å². The van der Waals surface area contributed by atoms with Gasteiger partial charge in [-0.25, -0.2) is 0 Å². The summed E-state index contributed by atoms with van der Waals surface area (Å²) >= 11 is 5.71. The van der Waals surface area contributed by atoms with Crippen LogP contribution in [0.1, 0.15) is 34.8 Å². The summed E-state index contributed by atoms with van der Waals surface area (Å²) in [6.45, 7) is 3.84. The molecule has 1 nitrogen and oxygen atoms in total. The van der Waals surface area contributed by atoms with Crippen LogP contribution in [0.4, 0.5) is 0 Å². The zero-order chi connectivity index (χ0) is 9.84. The van der Waals surface area contributed by atoms with E-state index in [1.807, 2.05) is 32.0 Å². The minimum atomic E-state index is 0.176. The molecule has 0 amide bonds. The molecular weight excluding hydrogens is 184 g/mol. The van der Waals surface area contributed by atoms with Crippen LogP contribution in [-0.2, 0) is 5.88 Å². The lowest BCUT2D eigenvalue weighted by atomic mass is 10.0. The van der Waals surface area contributed by atoms with Gasteiger partial charge >= 0.3 is 0 Å². The summed E-state index contributed by atoms with van der Waals surface area (Å²) in [7, 11) is 0. The fourth-order valence-corrected chi connectivity index (χ4v) is 1.46. The van der Waals surface area contributed by atoms with Crippen molar-refractivity contribution in [3.63, 3.8) is 0 Å². The van der Waals surface area contributed by atoms with Gasteiger partial charge in [-0.15, -0.1) is 11.6 Å². The molecule has 1 aromatic carbocycles. The van der Waals surface area contributed by atoms with Crippen LogP contribution in [-0.4, -0.2) is 5.78 Å². The number of benzene rings is 1. The molecule has 0 aliphatic carbocycles. The van der Waals surface area contributed by atoms with Crippen LogP contribution in [0.3, 0.4) is 0 Å². The summed E-state index contributed by atoms with van der Waals surface area (Å²) < 4.78 is 0. The Hall–Kier alpha value is -0.820. The number of carbonyl (C=O) groups is 1. The van der Waals surface area contributed by atoms with E-state index in [-0.39, 0.29) is 5.78 Å². The summed E-state index contributed by atoms with van der Waals surface area (Å²) in [5.74, 6) is 0.640. The predicted octanol–water partition coefficient (Wildman–Crippen LogP) is 3.33. The van der Waals surface area contributed by atoms with Gasteiger partial charge < -0.3 is 0 Å². The number of Topliss-reactive ketones (excluding diaryl/α,β-unsaturated/α-hetero) is 1. The third kappa shape index (κ3) is 2.56. The Morgan fingerprint density at radius 3 is 2.62 bits per heavy atom. The number of alkyl halides is 1. The molecule has 0 saturated heterocycles. The van der Waals surface area contributed by atoms with E-state index in [9.17, 15) is 4.79 Å². The van der Waals surface area contributed by atoms with Crippen molar-refractivity contribution in [1.29, 1.82) is 0 Å². The number of hydrogen-bond donors (Lipinski definition) is 0. The predicted molar refractivity (Wildman–Crippen MR) is 55.4 cm³/mol. The SMILES string of the molecule is CCC(=O)c1cc(C)cc(CCl)c1. The maximum atomic E-state index is 11.4. The van der Waals surface area contributed by atoms with E-state index in [1.165, 1.54) is 0 Å². The maximum absolute atomic E-state index is 11.4. The van der Waals surface area contributed by atoms with Gasteiger partial charge in [0.15, 0.2) is 5.78 Å². The van der Waals surface area contributed by atoms with E-state index >= 15 is 0 Å². The third-order valence-electron chi connectivity index (χ3n) is 1.93. The van der Waals surface area contributed by atoms with Crippen LogP contribution in [0.15, 0.2) is 18.2 Å². The molecule has 0 fully saturated rings. The number of ketones is 1. The van der Waals surface area contributed by atoms with Crippen molar-refractivity contribution < 1.29 is 4.79 Å². The Morgan fingerprint density at radius 1 is 1.38 bits per heavy atom. The lowest BCUT2D eigenvalue weighted by Crippen LogP contribution is -1.98. The van der Waals surface area contributed by atoms with Crippen molar-refractivity contribution in [2.75, 3.05) is 0 Å². The molecule has 0 aliphatic heterocycles. The molecule has 0 aliphatic rings. The second-order valence-electron chi connectivity index (χ2n) is 3.12. The highest BCUT2D eigenvalue weighted by atomic mass is 35.5. The molecule has 0 unspecified atom stereocenters. The summed E-state index contributed by atoms with van der Waals surface area (Å²) in [6.07, 6.45) is 0.547. The molecule has 0 bridgehead atoms. The number of carbonyl (C=O) groups excluding carboxylic acids is 1. The number of rotatable bonds is 3. The van der Waals surface area contributed by atoms with Crippen molar-refractivity contribution in [3.05, 3.63) is 34.9 Å². The average molecular weight is 197 g/mol. The first-order valence-corrected chi connectivity index (χ1v) is 4.90. The summed E-state index contributed by atoms with van der Waals surface area (Å²) in [5, 5.41) is 0. The Balaban J connectivity index is 3.08. The zero-order valence-corrected chi connectivity index (χ0v) is 8.69. The van der Waals surface area contributed by atoms with E-state index in [0.717, 1.165) is 16.7 Å². The topological polar surface area (TPSA) is 17.1 Å². The minimum Gasteiger partial charge on any atom is -0.294 e. The van der Waals surface area contributed by atoms with E-state index in [4.69, 9.17) is 11.6 Å². The normalized spacial score (nSPS) is 10.1. The van der Waals surface area contributed by atoms with E-state index in [1.54, 1.807) is 0 Å². The summed E-state index contributed by atoms with van der Waals surface area (Å²) in [5.41, 5.74) is 2.88. The van der Waals surface area contributed by atoms with E-state index < -0.39 is 0 Å². The number of aryl methyl sites for hydroxylation is 1. The lowest BCUT2D eigenvalue weighted by molar-refractivity contribution is 0.0988. The first-order chi connectivity index (χ1) is 6.17. The van der Waals surface area contributed by atoms with Crippen molar-refractivity contribution in [3.8, 4) is 0 Å². The van der Waals surface area contributed by atoms with E-state index in [0.29, 0.717) is 12.3 Å². The molecule has 1 rings (SSSR count). The zero-order valence-electron chi connectivity index (χ0n) is 7.93. The molecule has 0 atom stereocenters. The molecule has 70 valence electrons. The largest absolute Gasteiger partial charge is 0.294 e. The summed E-state index contributed by atoms with van der Waals surface area (Å²) in [6, 6.07) is 5.77. The van der Waals surface area contributed by atoms with Gasteiger partial charge in [-0.2, -0.15) is 0 Å². The second kappa shape index (κ2) is 4.43. The van der Waals surface area contributed by atoms with Gasteiger partial charge in [-0.3, -0.25) is 4.79 Å². The molecule has 13 heavy (non-hydrogen) atoms. The Kier molecular flexibility index (Phi) is 3.49. The highest BCUT2D eigenvalue weighted by Crippen LogP contribution is 2.13. The van der Waals surface area contributed by atoms with Crippen LogP contribution < -0.4 is 0 Å². The van der Waals surface area contributed by atoms with Crippen LogP contribution in [0.5, 0.6) is 0 Å². The number of halogens is 1. The number of hydrogen-bond acceptors (Lipinski definition) is 1. The van der Waals surface area contributed by atoms with Crippen LogP contribution in [0.2, 0.25) is 0 Å². The molecule has 0 aromatic heterocycles. The Bertz CT molecular complexity index is 318. The van der Waals surface area contributed by atoms with Gasteiger partial charge in [-0.05, 0) is 24.6 Å². The first kappa shape index (κ1) is 10.3. The van der Waals surface area contributed by atoms with Crippen LogP contribution in [0.25, 0.3) is 0 Å². The second-order valence-corrected chi connectivity index (χ2v) is 3.38. The maximum Gasteiger partial charge on any atom is 0.162 e. The van der Waals surface area contributed by atoms with Crippen molar-refractivity contribution in [2.45, 2.75) is 26.1 Å². The van der Waals surface area contributed by atoms with Gasteiger partial charge in [0.2, 0.25) is 0 Å². The lowest BCUT2D eigenvalue weighted by Gasteiger charge is -2.03. The quantitative estimate of drug-likeness (QED) is 0.536.